The number of likely N-dealkylation sites (N-methyl/N-ethyl adjacent to an activating group) is 2. The van der Waals surface area contributed by atoms with Gasteiger partial charge in [0.1, 0.15) is 0 Å². The second kappa shape index (κ2) is 4.23. The number of nitrogens with one attached hydrogen (secondary N) is 2. The number of nitrogens with zero attached hydrogens (tertiary/aromatic N) is 1. The third kappa shape index (κ3) is 2.18. The van der Waals surface area contributed by atoms with Gasteiger partial charge in [0.25, 0.3) is 0 Å². The van der Waals surface area contributed by atoms with E-state index in [1.165, 1.54) is 0 Å². The Labute approximate surface area is 77.5 Å². The van der Waals surface area contributed by atoms with Crippen LogP contribution in [0.5, 0.6) is 0 Å². The zero-order valence-electron chi connectivity index (χ0n) is 7.96. The molecule has 1 fully saturated rings. The summed E-state index contributed by atoms with van der Waals surface area (Å²) in [6.07, 6.45) is 0.784. The Bertz CT molecular complexity index is 217. The van der Waals surface area contributed by atoms with E-state index >= 15 is 0 Å². The van der Waals surface area contributed by atoms with Crippen LogP contribution in [-0.4, -0.2) is 49.9 Å². The van der Waals surface area contributed by atoms with Crippen LogP contribution in [0.25, 0.3) is 0 Å². The van der Waals surface area contributed by atoms with Crippen molar-refractivity contribution in [2.24, 2.45) is 0 Å². The van der Waals surface area contributed by atoms with E-state index in [0.29, 0.717) is 6.54 Å². The fraction of sp³-hybridized carbons (Fsp3) is 0.750. The average molecular weight is 185 g/mol. The molecule has 1 aliphatic heterocycles. The lowest BCUT2D eigenvalue weighted by molar-refractivity contribution is -0.133. The molecule has 0 aliphatic carbocycles. The number of rotatable bonds is 3. The van der Waals surface area contributed by atoms with Crippen LogP contribution < -0.4 is 10.6 Å². The molecule has 0 aromatic rings. The van der Waals surface area contributed by atoms with E-state index in [-0.39, 0.29) is 24.4 Å². The largest absolute Gasteiger partial charge is 0.358 e. The summed E-state index contributed by atoms with van der Waals surface area (Å²) in [6.45, 7) is 0.839. The molecular weight excluding hydrogens is 170 g/mol. The third-order valence-electron chi connectivity index (χ3n) is 2.26. The maximum atomic E-state index is 11.5. The van der Waals surface area contributed by atoms with Crippen molar-refractivity contribution in [2.45, 2.75) is 12.5 Å². The van der Waals surface area contributed by atoms with Crippen LogP contribution in [0, 0.1) is 0 Å². The molecule has 2 N–H and O–H groups in total. The van der Waals surface area contributed by atoms with E-state index in [0.717, 1.165) is 6.42 Å². The lowest BCUT2D eigenvalue weighted by Gasteiger charge is -2.14. The summed E-state index contributed by atoms with van der Waals surface area (Å²) >= 11 is 0. The summed E-state index contributed by atoms with van der Waals surface area (Å²) in [4.78, 5) is 24.0. The Hall–Kier alpha value is -1.10. The van der Waals surface area contributed by atoms with Gasteiger partial charge in [0.05, 0.1) is 12.6 Å². The molecular formula is C8H15N3O2. The number of hydrogen-bond donors (Lipinski definition) is 2. The fourth-order valence-corrected chi connectivity index (χ4v) is 1.42. The van der Waals surface area contributed by atoms with Crippen molar-refractivity contribution in [1.29, 1.82) is 0 Å². The first-order chi connectivity index (χ1) is 6.19. The molecule has 1 saturated heterocycles. The minimum absolute atomic E-state index is 0.0195. The van der Waals surface area contributed by atoms with Crippen molar-refractivity contribution >= 4 is 11.8 Å². The van der Waals surface area contributed by atoms with E-state index in [2.05, 4.69) is 10.6 Å². The van der Waals surface area contributed by atoms with Crippen LogP contribution in [0.2, 0.25) is 0 Å². The van der Waals surface area contributed by atoms with E-state index < -0.39 is 0 Å². The topological polar surface area (TPSA) is 61.4 Å². The molecule has 5 nitrogen and oxygen atoms in total. The molecule has 0 aromatic heterocycles. The smallest absolute Gasteiger partial charge is 0.240 e. The number of carbonyl (C=O) groups is 2. The zero-order chi connectivity index (χ0) is 9.84. The molecule has 0 saturated carbocycles. The van der Waals surface area contributed by atoms with Gasteiger partial charge in [0.15, 0.2) is 0 Å². The van der Waals surface area contributed by atoms with Crippen molar-refractivity contribution in [3.8, 4) is 0 Å². The third-order valence-corrected chi connectivity index (χ3v) is 2.26. The second-order valence-electron chi connectivity index (χ2n) is 3.06. The number of amides is 2. The van der Waals surface area contributed by atoms with Crippen LogP contribution >= 0.6 is 0 Å². The fourth-order valence-electron chi connectivity index (χ4n) is 1.42. The van der Waals surface area contributed by atoms with Crippen LogP contribution in [0.1, 0.15) is 6.42 Å². The number of carbonyl (C=O) groups excluding carboxylic acids is 2. The molecule has 1 unspecified atom stereocenters. The van der Waals surface area contributed by atoms with Crippen LogP contribution in [0.15, 0.2) is 0 Å². The van der Waals surface area contributed by atoms with Gasteiger partial charge in [0.2, 0.25) is 11.8 Å². The lowest BCUT2D eigenvalue weighted by Crippen LogP contribution is -2.41. The highest BCUT2D eigenvalue weighted by molar-refractivity contribution is 5.88. The van der Waals surface area contributed by atoms with Gasteiger partial charge in [-0.15, -0.1) is 0 Å². The Balaban J connectivity index is 2.45. The van der Waals surface area contributed by atoms with Crippen molar-refractivity contribution in [2.75, 3.05) is 27.2 Å². The van der Waals surface area contributed by atoms with Crippen molar-refractivity contribution in [1.82, 2.24) is 15.5 Å². The quantitative estimate of drug-likeness (QED) is 0.565. The molecule has 5 heteroatoms. The molecule has 1 rings (SSSR count). The molecule has 13 heavy (non-hydrogen) atoms. The maximum absolute atomic E-state index is 11.5. The molecule has 0 aromatic carbocycles. The van der Waals surface area contributed by atoms with Gasteiger partial charge in [-0.1, -0.05) is 0 Å². The number of likely N-dealkylation sites (tertiary alicyclic amines) is 1. The van der Waals surface area contributed by atoms with Crippen LogP contribution in [0.3, 0.4) is 0 Å². The first kappa shape index (κ1) is 9.98. The SMILES string of the molecule is CNC(=O)CN1CCC(NC)C1=O. The summed E-state index contributed by atoms with van der Waals surface area (Å²) in [5.41, 5.74) is 0. The molecule has 1 atom stereocenters. The lowest BCUT2D eigenvalue weighted by atomic mass is 10.3. The predicted molar refractivity (Wildman–Crippen MR) is 48.1 cm³/mol. The van der Waals surface area contributed by atoms with Gasteiger partial charge in [-0.25, -0.2) is 0 Å². The monoisotopic (exact) mass is 185 g/mol. The van der Waals surface area contributed by atoms with Gasteiger partial charge in [-0.05, 0) is 13.5 Å². The van der Waals surface area contributed by atoms with E-state index in [1.807, 2.05) is 0 Å². The molecule has 1 heterocycles. The van der Waals surface area contributed by atoms with Gasteiger partial charge in [0, 0.05) is 13.6 Å². The Morgan fingerprint density at radius 2 is 2.31 bits per heavy atom. The molecule has 0 radical (unpaired) electrons. The summed E-state index contributed by atoms with van der Waals surface area (Å²) < 4.78 is 0. The minimum atomic E-state index is -0.120. The Morgan fingerprint density at radius 1 is 1.62 bits per heavy atom. The van der Waals surface area contributed by atoms with Crippen molar-refractivity contribution in [3.63, 3.8) is 0 Å². The highest BCUT2D eigenvalue weighted by atomic mass is 16.2. The summed E-state index contributed by atoms with van der Waals surface area (Å²) in [7, 11) is 3.32. The minimum Gasteiger partial charge on any atom is -0.358 e. The van der Waals surface area contributed by atoms with E-state index in [1.54, 1.807) is 19.0 Å². The van der Waals surface area contributed by atoms with Gasteiger partial charge in [-0.3, -0.25) is 9.59 Å². The summed E-state index contributed by atoms with van der Waals surface area (Å²) in [5.74, 6) is -0.101. The number of hydrogen-bond acceptors (Lipinski definition) is 3. The molecule has 0 spiro atoms. The maximum Gasteiger partial charge on any atom is 0.240 e. The average Bonchev–Trinajstić information content (AvgIpc) is 2.48. The van der Waals surface area contributed by atoms with Crippen LogP contribution in [-0.2, 0) is 9.59 Å². The normalized spacial score (nSPS) is 22.2. The van der Waals surface area contributed by atoms with Gasteiger partial charge in [-0.2, -0.15) is 0 Å². The standard InChI is InChI=1S/C8H15N3O2/c1-9-6-3-4-11(8(6)13)5-7(12)10-2/h6,9H,3-5H2,1-2H3,(H,10,12). The Kier molecular flexibility index (Phi) is 3.25. The summed E-state index contributed by atoms with van der Waals surface area (Å²) in [5, 5.41) is 5.40. The second-order valence-corrected chi connectivity index (χ2v) is 3.06. The summed E-state index contributed by atoms with van der Waals surface area (Å²) in [6, 6.07) is -0.107. The van der Waals surface area contributed by atoms with E-state index in [4.69, 9.17) is 0 Å². The molecule has 74 valence electrons. The zero-order valence-corrected chi connectivity index (χ0v) is 7.96. The van der Waals surface area contributed by atoms with Crippen LogP contribution in [0.4, 0.5) is 0 Å². The predicted octanol–water partition coefficient (Wildman–Crippen LogP) is -1.45. The van der Waals surface area contributed by atoms with Crippen molar-refractivity contribution in [3.05, 3.63) is 0 Å². The molecule has 0 bridgehead atoms. The Morgan fingerprint density at radius 3 is 2.77 bits per heavy atom. The highest BCUT2D eigenvalue weighted by Crippen LogP contribution is 2.09. The molecule has 2 amide bonds. The van der Waals surface area contributed by atoms with Crippen molar-refractivity contribution < 1.29 is 9.59 Å². The van der Waals surface area contributed by atoms with Gasteiger partial charge >= 0.3 is 0 Å². The van der Waals surface area contributed by atoms with Gasteiger partial charge < -0.3 is 15.5 Å². The first-order valence-electron chi connectivity index (χ1n) is 4.35. The molecule has 1 aliphatic rings. The first-order valence-corrected chi connectivity index (χ1v) is 4.35. The highest BCUT2D eigenvalue weighted by Gasteiger charge is 2.30. The van der Waals surface area contributed by atoms with E-state index in [9.17, 15) is 9.59 Å².